The van der Waals surface area contributed by atoms with Gasteiger partial charge in [0.25, 0.3) is 0 Å². The van der Waals surface area contributed by atoms with Crippen LogP contribution in [0.2, 0.25) is 0 Å². The van der Waals surface area contributed by atoms with Crippen molar-refractivity contribution in [1.82, 2.24) is 9.97 Å². The molecule has 1 aromatic rings. The number of rotatable bonds is 2. The standard InChI is InChI=1S/C15H23N3/c1-2-10-7-8-11(9-10)15-17-13-6-4-3-5-12(13)14(16)18-15/h10-11H,2-9H2,1H3,(H2,16,17,18). The Hall–Kier alpha value is -1.12. The van der Waals surface area contributed by atoms with Gasteiger partial charge in [-0.15, -0.1) is 0 Å². The van der Waals surface area contributed by atoms with Crippen LogP contribution in [0.5, 0.6) is 0 Å². The Bertz CT molecular complexity index is 442. The quantitative estimate of drug-likeness (QED) is 0.870. The van der Waals surface area contributed by atoms with Crippen molar-refractivity contribution in [1.29, 1.82) is 0 Å². The highest BCUT2D eigenvalue weighted by atomic mass is 15.0. The van der Waals surface area contributed by atoms with E-state index in [0.29, 0.717) is 5.92 Å². The minimum atomic E-state index is 0.560. The molecule has 1 heterocycles. The maximum Gasteiger partial charge on any atom is 0.134 e. The molecule has 0 amide bonds. The molecule has 2 unspecified atom stereocenters. The zero-order valence-electron chi connectivity index (χ0n) is 11.3. The van der Waals surface area contributed by atoms with E-state index in [4.69, 9.17) is 10.7 Å². The van der Waals surface area contributed by atoms with Gasteiger partial charge in [0.1, 0.15) is 11.6 Å². The van der Waals surface area contributed by atoms with Gasteiger partial charge >= 0.3 is 0 Å². The lowest BCUT2D eigenvalue weighted by molar-refractivity contribution is 0.515. The van der Waals surface area contributed by atoms with Crippen LogP contribution in [0.1, 0.15) is 68.4 Å². The van der Waals surface area contributed by atoms with Gasteiger partial charge in [-0.25, -0.2) is 9.97 Å². The number of fused-ring (bicyclic) bond motifs is 1. The maximum absolute atomic E-state index is 6.13. The van der Waals surface area contributed by atoms with Gasteiger partial charge < -0.3 is 5.73 Å². The summed E-state index contributed by atoms with van der Waals surface area (Å²) in [7, 11) is 0. The van der Waals surface area contributed by atoms with Crippen molar-refractivity contribution in [3.8, 4) is 0 Å². The molecule has 0 aliphatic heterocycles. The topological polar surface area (TPSA) is 51.8 Å². The van der Waals surface area contributed by atoms with Crippen LogP contribution in [-0.4, -0.2) is 9.97 Å². The molecular formula is C15H23N3. The number of aromatic nitrogens is 2. The van der Waals surface area contributed by atoms with E-state index in [1.165, 1.54) is 49.8 Å². The molecule has 0 bridgehead atoms. The molecule has 0 saturated heterocycles. The van der Waals surface area contributed by atoms with Crippen LogP contribution in [0, 0.1) is 5.92 Å². The second-order valence-corrected chi connectivity index (χ2v) is 5.88. The van der Waals surface area contributed by atoms with E-state index >= 15 is 0 Å². The highest BCUT2D eigenvalue weighted by Gasteiger charge is 2.28. The van der Waals surface area contributed by atoms with Crippen LogP contribution in [0.4, 0.5) is 5.82 Å². The fraction of sp³-hybridized carbons (Fsp3) is 0.733. The molecule has 1 aromatic heterocycles. The van der Waals surface area contributed by atoms with E-state index in [2.05, 4.69) is 11.9 Å². The van der Waals surface area contributed by atoms with Crippen molar-refractivity contribution in [2.45, 2.75) is 64.2 Å². The van der Waals surface area contributed by atoms with E-state index in [1.54, 1.807) is 0 Å². The molecule has 0 radical (unpaired) electrons. The highest BCUT2D eigenvalue weighted by molar-refractivity contribution is 5.44. The van der Waals surface area contributed by atoms with Gasteiger partial charge in [0.05, 0.1) is 0 Å². The molecular weight excluding hydrogens is 222 g/mol. The predicted molar refractivity (Wildman–Crippen MR) is 73.5 cm³/mol. The summed E-state index contributed by atoms with van der Waals surface area (Å²) in [5.74, 6) is 3.22. The summed E-state index contributed by atoms with van der Waals surface area (Å²) in [5.41, 5.74) is 8.60. The third kappa shape index (κ3) is 2.11. The summed E-state index contributed by atoms with van der Waals surface area (Å²) in [4.78, 5) is 9.44. The first-order chi connectivity index (χ1) is 8.78. The Morgan fingerprint density at radius 2 is 2.00 bits per heavy atom. The normalized spacial score (nSPS) is 27.2. The van der Waals surface area contributed by atoms with Crippen LogP contribution < -0.4 is 5.73 Å². The number of nitrogens with two attached hydrogens (primary N) is 1. The Morgan fingerprint density at radius 1 is 1.17 bits per heavy atom. The average Bonchev–Trinajstić information content (AvgIpc) is 2.87. The number of anilines is 1. The van der Waals surface area contributed by atoms with Crippen molar-refractivity contribution in [2.75, 3.05) is 5.73 Å². The summed E-state index contributed by atoms with van der Waals surface area (Å²) in [6, 6.07) is 0. The molecule has 3 nitrogen and oxygen atoms in total. The fourth-order valence-corrected chi connectivity index (χ4v) is 3.51. The first-order valence-electron chi connectivity index (χ1n) is 7.43. The van der Waals surface area contributed by atoms with Gasteiger partial charge in [0, 0.05) is 17.2 Å². The molecule has 98 valence electrons. The van der Waals surface area contributed by atoms with Gasteiger partial charge in [-0.3, -0.25) is 0 Å². The summed E-state index contributed by atoms with van der Waals surface area (Å²) >= 11 is 0. The SMILES string of the molecule is CCC1CCC(c2nc(N)c3c(n2)CCCC3)C1. The zero-order valence-corrected chi connectivity index (χ0v) is 11.3. The van der Waals surface area contributed by atoms with Crippen LogP contribution in [0.25, 0.3) is 0 Å². The van der Waals surface area contributed by atoms with Crippen molar-refractivity contribution >= 4 is 5.82 Å². The van der Waals surface area contributed by atoms with Crippen LogP contribution in [-0.2, 0) is 12.8 Å². The second-order valence-electron chi connectivity index (χ2n) is 5.88. The number of hydrogen-bond donors (Lipinski definition) is 1. The predicted octanol–water partition coefficient (Wildman–Crippen LogP) is 3.23. The second kappa shape index (κ2) is 4.87. The number of nitrogens with zero attached hydrogens (tertiary/aromatic N) is 2. The van der Waals surface area contributed by atoms with E-state index in [9.17, 15) is 0 Å². The third-order valence-corrected chi connectivity index (χ3v) is 4.72. The molecule has 1 saturated carbocycles. The van der Waals surface area contributed by atoms with Crippen LogP contribution in [0.15, 0.2) is 0 Å². The van der Waals surface area contributed by atoms with E-state index in [0.717, 1.165) is 30.4 Å². The smallest absolute Gasteiger partial charge is 0.134 e. The van der Waals surface area contributed by atoms with Crippen LogP contribution in [0.3, 0.4) is 0 Å². The fourth-order valence-electron chi connectivity index (χ4n) is 3.51. The monoisotopic (exact) mass is 245 g/mol. The van der Waals surface area contributed by atoms with Crippen molar-refractivity contribution in [3.05, 3.63) is 17.1 Å². The molecule has 0 spiro atoms. The first kappa shape index (κ1) is 11.9. The molecule has 2 N–H and O–H groups in total. The summed E-state index contributed by atoms with van der Waals surface area (Å²) < 4.78 is 0. The zero-order chi connectivity index (χ0) is 12.5. The minimum Gasteiger partial charge on any atom is -0.383 e. The minimum absolute atomic E-state index is 0.560. The van der Waals surface area contributed by atoms with E-state index in [-0.39, 0.29) is 0 Å². The lowest BCUT2D eigenvalue weighted by Crippen LogP contribution is -2.14. The average molecular weight is 245 g/mol. The van der Waals surface area contributed by atoms with Crippen molar-refractivity contribution in [2.24, 2.45) is 5.92 Å². The lowest BCUT2D eigenvalue weighted by Gasteiger charge is -2.19. The summed E-state index contributed by atoms with van der Waals surface area (Å²) in [5, 5.41) is 0. The third-order valence-electron chi connectivity index (χ3n) is 4.72. The Labute approximate surface area is 109 Å². The summed E-state index contributed by atoms with van der Waals surface area (Å²) in [6.45, 7) is 2.29. The molecule has 1 fully saturated rings. The molecule has 18 heavy (non-hydrogen) atoms. The number of aryl methyl sites for hydroxylation is 1. The largest absolute Gasteiger partial charge is 0.383 e. The Balaban J connectivity index is 1.87. The van der Waals surface area contributed by atoms with Gasteiger partial charge in [0.2, 0.25) is 0 Å². The Morgan fingerprint density at radius 3 is 2.78 bits per heavy atom. The van der Waals surface area contributed by atoms with E-state index < -0.39 is 0 Å². The molecule has 3 heteroatoms. The maximum atomic E-state index is 6.13. The molecule has 2 atom stereocenters. The molecule has 0 aromatic carbocycles. The summed E-state index contributed by atoms with van der Waals surface area (Å²) in [6.07, 6.45) is 9.79. The van der Waals surface area contributed by atoms with Gasteiger partial charge in [-0.05, 0) is 50.9 Å². The van der Waals surface area contributed by atoms with Gasteiger partial charge in [-0.2, -0.15) is 0 Å². The van der Waals surface area contributed by atoms with Crippen molar-refractivity contribution in [3.63, 3.8) is 0 Å². The van der Waals surface area contributed by atoms with Gasteiger partial charge in [-0.1, -0.05) is 13.3 Å². The van der Waals surface area contributed by atoms with Crippen LogP contribution >= 0.6 is 0 Å². The molecule has 2 aliphatic rings. The highest BCUT2D eigenvalue weighted by Crippen LogP contribution is 2.39. The lowest BCUT2D eigenvalue weighted by atomic mass is 9.95. The molecule has 2 aliphatic carbocycles. The Kier molecular flexibility index (Phi) is 3.23. The molecule has 3 rings (SSSR count). The van der Waals surface area contributed by atoms with E-state index in [1.807, 2.05) is 0 Å². The number of nitrogen functional groups attached to an aromatic ring is 1. The number of hydrogen-bond acceptors (Lipinski definition) is 3. The van der Waals surface area contributed by atoms with Gasteiger partial charge in [0.15, 0.2) is 0 Å². The van der Waals surface area contributed by atoms with Crippen molar-refractivity contribution < 1.29 is 0 Å². The first-order valence-corrected chi connectivity index (χ1v) is 7.43.